The molecule has 1 aliphatic carbocycles. The number of aromatic hydroxyl groups is 1. The van der Waals surface area contributed by atoms with E-state index in [1.165, 1.54) is 35.7 Å². The van der Waals surface area contributed by atoms with Crippen molar-refractivity contribution in [2.75, 3.05) is 33.9 Å². The minimum absolute atomic E-state index is 0.0136. The molecule has 2 fully saturated rings. The van der Waals surface area contributed by atoms with E-state index in [4.69, 9.17) is 4.74 Å². The molecule has 3 aliphatic heterocycles. The summed E-state index contributed by atoms with van der Waals surface area (Å²) in [5.74, 6) is -3.41. The van der Waals surface area contributed by atoms with Gasteiger partial charge in [0, 0.05) is 58.4 Å². The van der Waals surface area contributed by atoms with Crippen LogP contribution >= 0.6 is 0 Å². The summed E-state index contributed by atoms with van der Waals surface area (Å²) in [6.45, 7) is 3.84. The predicted molar refractivity (Wildman–Crippen MR) is 154 cm³/mol. The molecule has 3 amide bonds. The van der Waals surface area contributed by atoms with Crippen molar-refractivity contribution in [3.8, 4) is 5.75 Å². The maximum absolute atomic E-state index is 13.7. The van der Waals surface area contributed by atoms with Crippen LogP contribution in [0, 0.1) is 18.2 Å². The first-order chi connectivity index (χ1) is 20.4. The van der Waals surface area contributed by atoms with Crippen molar-refractivity contribution >= 4 is 17.7 Å². The number of likely N-dealkylation sites (N-methyl/N-ethyl adjacent to an activating group) is 1. The highest BCUT2D eigenvalue weighted by atomic mass is 19.1. The topological polar surface area (TPSA) is 155 Å². The van der Waals surface area contributed by atoms with Crippen LogP contribution in [-0.4, -0.2) is 77.2 Å². The minimum atomic E-state index is -1.20. The van der Waals surface area contributed by atoms with Crippen LogP contribution in [0.25, 0.3) is 0 Å². The number of benzene rings is 1. The number of hydrogen-bond acceptors (Lipinski definition) is 8. The molecule has 1 aromatic heterocycles. The molecule has 13 heteroatoms. The molecule has 4 N–H and O–H groups in total. The third kappa shape index (κ3) is 6.14. The van der Waals surface area contributed by atoms with E-state index < -0.39 is 40.3 Å². The van der Waals surface area contributed by atoms with Gasteiger partial charge in [-0.3, -0.25) is 23.7 Å². The predicted octanol–water partition coefficient (Wildman–Crippen LogP) is 1.07. The molecular formula is C30H39FN6O6. The van der Waals surface area contributed by atoms with Crippen molar-refractivity contribution in [1.29, 1.82) is 0 Å². The van der Waals surface area contributed by atoms with Gasteiger partial charge in [-0.2, -0.15) is 0 Å². The molecule has 1 saturated heterocycles. The summed E-state index contributed by atoms with van der Waals surface area (Å²) in [7, 11) is 2.95. The fraction of sp³-hybridized carbons (Fsp3) is 0.567. The number of nitrogens with zero attached hydrogens (tertiary/aromatic N) is 3. The Morgan fingerprint density at radius 1 is 1.16 bits per heavy atom. The Labute approximate surface area is 249 Å². The van der Waals surface area contributed by atoms with Gasteiger partial charge in [0.2, 0.25) is 5.75 Å². The molecule has 0 atom stereocenters. The summed E-state index contributed by atoms with van der Waals surface area (Å²) in [4.78, 5) is 58.3. The second-order valence-corrected chi connectivity index (χ2v) is 12.3. The Morgan fingerprint density at radius 2 is 1.86 bits per heavy atom. The largest absolute Gasteiger partial charge is 0.501 e. The van der Waals surface area contributed by atoms with Crippen LogP contribution in [0.15, 0.2) is 23.0 Å². The normalized spacial score (nSPS) is 23.3. The molecule has 43 heavy (non-hydrogen) atoms. The first kappa shape index (κ1) is 30.6. The second-order valence-electron chi connectivity index (χ2n) is 12.3. The standard InChI is InChI=1S/C30H39FN6O6/c1-18-14-19(4-5-21(18)31)15-32-24(39)22-23(38)26(41)37-17-29(16-33-20-6-12-43-13-7-20)8-10-30(11-9-29,28(37)34-22)35-25(40)27(42)36(2)3/h4-5,14,20,33,38H,6-13,15-17H2,1-3H3,(H,32,39)(H,35,40). The van der Waals surface area contributed by atoms with Crippen LogP contribution in [0.2, 0.25) is 0 Å². The number of aryl methyl sites for hydroxylation is 1. The first-order valence-corrected chi connectivity index (χ1v) is 14.7. The third-order valence-electron chi connectivity index (χ3n) is 9.06. The molecule has 1 aromatic carbocycles. The summed E-state index contributed by atoms with van der Waals surface area (Å²) in [6, 6.07) is 4.70. The number of carbonyl (C=O) groups excluding carboxylic acids is 3. The molecule has 0 unspecified atom stereocenters. The van der Waals surface area contributed by atoms with Gasteiger partial charge in [-0.25, -0.2) is 9.37 Å². The number of nitrogens with one attached hydrogen (secondary N) is 3. The van der Waals surface area contributed by atoms with Gasteiger partial charge in [0.25, 0.3) is 11.5 Å². The van der Waals surface area contributed by atoms with Gasteiger partial charge in [-0.1, -0.05) is 12.1 Å². The first-order valence-electron chi connectivity index (χ1n) is 14.7. The zero-order chi connectivity index (χ0) is 30.9. The third-order valence-corrected chi connectivity index (χ3v) is 9.06. The maximum atomic E-state index is 13.7. The molecule has 4 heterocycles. The van der Waals surface area contributed by atoms with Gasteiger partial charge in [0.1, 0.15) is 11.6 Å². The second kappa shape index (κ2) is 12.0. The van der Waals surface area contributed by atoms with Crippen LogP contribution in [0.1, 0.15) is 66.0 Å². The number of ether oxygens (including phenoxy) is 1. The number of hydrogen-bond donors (Lipinski definition) is 4. The van der Waals surface area contributed by atoms with Crippen LogP contribution in [-0.2, 0) is 33.0 Å². The highest BCUT2D eigenvalue weighted by Crippen LogP contribution is 2.49. The monoisotopic (exact) mass is 598 g/mol. The molecule has 2 aromatic rings. The van der Waals surface area contributed by atoms with Crippen LogP contribution in [0.5, 0.6) is 5.75 Å². The average molecular weight is 599 g/mol. The van der Waals surface area contributed by atoms with Crippen LogP contribution in [0.4, 0.5) is 4.39 Å². The summed E-state index contributed by atoms with van der Waals surface area (Å²) >= 11 is 0. The molecule has 232 valence electrons. The van der Waals surface area contributed by atoms with Crippen LogP contribution < -0.4 is 21.5 Å². The Bertz CT molecular complexity index is 1480. The number of carbonyl (C=O) groups is 3. The lowest BCUT2D eigenvalue weighted by Crippen LogP contribution is -2.54. The van der Waals surface area contributed by atoms with Crippen molar-refractivity contribution in [2.45, 2.75) is 70.1 Å². The van der Waals surface area contributed by atoms with Crippen molar-refractivity contribution in [3.05, 3.63) is 57.0 Å². The fourth-order valence-electron chi connectivity index (χ4n) is 6.37. The van der Waals surface area contributed by atoms with E-state index in [0.717, 1.165) is 12.8 Å². The SMILES string of the molecule is Cc1cc(CNC(=O)c2nc3n(c(=O)c2O)CC2(CNC4CCOCC4)CCC3(NC(=O)C(=O)N(C)C)CC2)ccc1F. The molecule has 12 nitrogen and oxygen atoms in total. The van der Waals surface area contributed by atoms with Gasteiger partial charge in [-0.15, -0.1) is 0 Å². The summed E-state index contributed by atoms with van der Waals surface area (Å²) in [5, 5.41) is 20.1. The van der Waals surface area contributed by atoms with E-state index in [1.54, 1.807) is 13.0 Å². The summed E-state index contributed by atoms with van der Waals surface area (Å²) in [6.07, 6.45) is 3.79. The molecule has 1 saturated carbocycles. The van der Waals surface area contributed by atoms with E-state index in [0.29, 0.717) is 56.6 Å². The van der Waals surface area contributed by atoms with Crippen molar-refractivity contribution in [2.24, 2.45) is 5.41 Å². The number of fused-ring (bicyclic) bond motifs is 2. The lowest BCUT2D eigenvalue weighted by Gasteiger charge is -2.43. The summed E-state index contributed by atoms with van der Waals surface area (Å²) < 4.78 is 20.5. The van der Waals surface area contributed by atoms with E-state index in [-0.39, 0.29) is 36.2 Å². The van der Waals surface area contributed by atoms with E-state index >= 15 is 0 Å². The average Bonchev–Trinajstić information content (AvgIpc) is 3.21. The van der Waals surface area contributed by atoms with Gasteiger partial charge in [0.15, 0.2) is 5.69 Å². The van der Waals surface area contributed by atoms with Gasteiger partial charge in [-0.05, 0) is 62.6 Å². The number of halogens is 1. The Morgan fingerprint density at radius 3 is 2.51 bits per heavy atom. The number of amides is 3. The quantitative estimate of drug-likeness (QED) is 0.345. The molecule has 4 aliphatic rings. The van der Waals surface area contributed by atoms with E-state index in [1.807, 2.05) is 0 Å². The van der Waals surface area contributed by atoms with Crippen LogP contribution in [0.3, 0.4) is 0 Å². The fourth-order valence-corrected chi connectivity index (χ4v) is 6.37. The smallest absolute Gasteiger partial charge is 0.311 e. The number of aromatic nitrogens is 2. The lowest BCUT2D eigenvalue weighted by molar-refractivity contribution is -0.145. The minimum Gasteiger partial charge on any atom is -0.501 e. The Balaban J connectivity index is 1.49. The van der Waals surface area contributed by atoms with Gasteiger partial charge >= 0.3 is 11.8 Å². The molecule has 0 spiro atoms. The van der Waals surface area contributed by atoms with Gasteiger partial charge < -0.3 is 30.7 Å². The lowest BCUT2D eigenvalue weighted by atomic mass is 9.68. The maximum Gasteiger partial charge on any atom is 0.311 e. The Kier molecular flexibility index (Phi) is 8.57. The Hall–Kier alpha value is -3.84. The summed E-state index contributed by atoms with van der Waals surface area (Å²) in [5.41, 5.74) is -1.78. The molecule has 6 rings (SSSR count). The van der Waals surface area contributed by atoms with E-state index in [9.17, 15) is 28.7 Å². The highest BCUT2D eigenvalue weighted by molar-refractivity contribution is 6.35. The molecule has 2 bridgehead atoms. The zero-order valence-corrected chi connectivity index (χ0v) is 24.8. The highest BCUT2D eigenvalue weighted by Gasteiger charge is 2.52. The van der Waals surface area contributed by atoms with E-state index in [2.05, 4.69) is 20.9 Å². The van der Waals surface area contributed by atoms with Gasteiger partial charge in [0.05, 0.1) is 5.54 Å². The zero-order valence-electron chi connectivity index (χ0n) is 24.8. The van der Waals surface area contributed by atoms with Crippen molar-refractivity contribution in [3.63, 3.8) is 0 Å². The molecular weight excluding hydrogens is 559 g/mol. The van der Waals surface area contributed by atoms with Crippen molar-refractivity contribution < 1.29 is 28.6 Å². The number of rotatable bonds is 7. The molecule has 0 radical (unpaired) electrons. The van der Waals surface area contributed by atoms with Crippen molar-refractivity contribution in [1.82, 2.24) is 30.4 Å².